The van der Waals surface area contributed by atoms with E-state index in [2.05, 4.69) is 20.8 Å². The Kier molecular flexibility index (Phi) is 14.0. The Morgan fingerprint density at radius 2 is 1.73 bits per heavy atom. The third kappa shape index (κ3) is 9.17. The van der Waals surface area contributed by atoms with Gasteiger partial charge in [-0.05, 0) is 0 Å². The molecule has 0 N–H and O–H groups in total. The van der Waals surface area contributed by atoms with E-state index in [0.29, 0.717) is 5.33 Å². The number of halogens is 1. The molecule has 0 spiro atoms. The molecule has 0 heterocycles. The first-order valence-electron chi connectivity index (χ1n) is 4.66. The number of carbonyl (C=O) groups is 1. The van der Waals surface area contributed by atoms with Gasteiger partial charge in [-0.3, -0.25) is 4.79 Å². The first-order chi connectivity index (χ1) is 7.26. The second-order valence-corrected chi connectivity index (χ2v) is 2.71. The van der Waals surface area contributed by atoms with Crippen LogP contribution < -0.4 is 0 Å². The van der Waals surface area contributed by atoms with Crippen LogP contribution in [0.1, 0.15) is 24.2 Å². The van der Waals surface area contributed by atoms with Crippen molar-refractivity contribution >= 4 is 21.7 Å². The van der Waals surface area contributed by atoms with Crippen LogP contribution in [-0.2, 0) is 0 Å². The maximum Gasteiger partial charge on any atom is 0.205 e. The third-order valence-electron chi connectivity index (χ3n) is 1.22. The van der Waals surface area contributed by atoms with Gasteiger partial charge in [0.15, 0.2) is 5.78 Å². The number of hydrogen-bond donors (Lipinski definition) is 0. The first kappa shape index (κ1) is 16.3. The summed E-state index contributed by atoms with van der Waals surface area (Å²) in [6.45, 7) is 9.83. The number of Topliss-reactive ketones (excluding diaryl/α,β-unsaturated/α-hetero) is 1. The largest absolute Gasteiger partial charge is 0.320 e. The van der Waals surface area contributed by atoms with Gasteiger partial charge in [-0.15, -0.1) is 0 Å². The number of nitrogens with zero attached hydrogens (tertiary/aromatic N) is 1. The summed E-state index contributed by atoms with van der Waals surface area (Å²) in [5.74, 6) is 0.126. The molecule has 0 aliphatic carbocycles. The predicted molar refractivity (Wildman–Crippen MR) is 68.4 cm³/mol. The molecule has 0 unspecified atom stereocenters. The summed E-state index contributed by atoms with van der Waals surface area (Å²) >= 11 is 3.10. The van der Waals surface area contributed by atoms with Crippen molar-refractivity contribution in [2.24, 2.45) is 0 Å². The van der Waals surface area contributed by atoms with Crippen LogP contribution in [0.4, 0.5) is 0 Å². The molecule has 2 nitrogen and oxygen atoms in total. The van der Waals surface area contributed by atoms with E-state index in [1.165, 1.54) is 7.05 Å². The molecule has 0 aliphatic heterocycles. The van der Waals surface area contributed by atoms with E-state index in [1.807, 2.05) is 44.2 Å². The second kappa shape index (κ2) is 12.9. The van der Waals surface area contributed by atoms with Crippen molar-refractivity contribution in [3.63, 3.8) is 0 Å². The molecule has 0 atom stereocenters. The van der Waals surface area contributed by atoms with Gasteiger partial charge in [0.2, 0.25) is 7.05 Å². The summed E-state index contributed by atoms with van der Waals surface area (Å²) in [4.78, 5) is 13.7. The van der Waals surface area contributed by atoms with Gasteiger partial charge < -0.3 is 4.85 Å². The van der Waals surface area contributed by atoms with Gasteiger partial charge in [0.05, 0.1) is 5.33 Å². The van der Waals surface area contributed by atoms with Crippen molar-refractivity contribution in [3.8, 4) is 0 Å². The lowest BCUT2D eigenvalue weighted by molar-refractivity contribution is 0.102. The summed E-state index contributed by atoms with van der Waals surface area (Å²) in [5, 5.41) is 0.400. The topological polar surface area (TPSA) is 21.4 Å². The van der Waals surface area contributed by atoms with Crippen LogP contribution in [0.15, 0.2) is 30.3 Å². The van der Waals surface area contributed by atoms with Crippen LogP contribution in [0.5, 0.6) is 0 Å². The molecular weight excluding hydrogens is 254 g/mol. The fourth-order valence-corrected chi connectivity index (χ4v) is 1.02. The zero-order chi connectivity index (χ0) is 12.1. The van der Waals surface area contributed by atoms with E-state index >= 15 is 0 Å². The van der Waals surface area contributed by atoms with E-state index in [0.717, 1.165) is 5.56 Å². The summed E-state index contributed by atoms with van der Waals surface area (Å²) in [5.41, 5.74) is 0.763. The SMILES string of the molecule is CC.O=C(CBr)c1ccccc1.[C-]#[N+]C. The number of alkyl halides is 1. The van der Waals surface area contributed by atoms with Gasteiger partial charge >= 0.3 is 0 Å². The van der Waals surface area contributed by atoms with Crippen LogP contribution in [0.2, 0.25) is 0 Å². The van der Waals surface area contributed by atoms with Crippen molar-refractivity contribution in [3.05, 3.63) is 47.3 Å². The normalized spacial score (nSPS) is 7.13. The highest BCUT2D eigenvalue weighted by atomic mass is 79.9. The van der Waals surface area contributed by atoms with Crippen molar-refractivity contribution in [1.82, 2.24) is 0 Å². The molecular formula is C12H16BrNO. The molecule has 15 heavy (non-hydrogen) atoms. The van der Waals surface area contributed by atoms with E-state index in [9.17, 15) is 4.79 Å². The lowest BCUT2D eigenvalue weighted by atomic mass is 10.2. The van der Waals surface area contributed by atoms with E-state index in [4.69, 9.17) is 6.57 Å². The van der Waals surface area contributed by atoms with Crippen molar-refractivity contribution in [2.75, 3.05) is 12.4 Å². The average Bonchev–Trinajstić information content (AvgIpc) is 2.33. The van der Waals surface area contributed by atoms with Gasteiger partial charge in [-0.25, -0.2) is 6.57 Å². The average molecular weight is 270 g/mol. The van der Waals surface area contributed by atoms with Gasteiger partial charge in [0, 0.05) is 5.56 Å². The highest BCUT2D eigenvalue weighted by Gasteiger charge is 1.99. The molecule has 0 aliphatic rings. The maximum absolute atomic E-state index is 11.0. The fraction of sp³-hybridized carbons (Fsp3) is 0.333. The smallest absolute Gasteiger partial charge is 0.205 e. The molecule has 0 amide bonds. The van der Waals surface area contributed by atoms with Crippen LogP contribution in [0.25, 0.3) is 4.85 Å². The summed E-state index contributed by atoms with van der Waals surface area (Å²) < 4.78 is 0. The fourth-order valence-electron chi connectivity index (χ4n) is 0.701. The number of hydrogen-bond acceptors (Lipinski definition) is 1. The minimum Gasteiger partial charge on any atom is -0.320 e. The quantitative estimate of drug-likeness (QED) is 0.454. The molecule has 0 saturated heterocycles. The Labute approximate surface area is 100 Å². The Balaban J connectivity index is 0. The minimum absolute atomic E-state index is 0.126. The van der Waals surface area contributed by atoms with E-state index in [-0.39, 0.29) is 5.78 Å². The molecule has 0 saturated carbocycles. The molecule has 1 aromatic rings. The minimum atomic E-state index is 0.126. The summed E-state index contributed by atoms with van der Waals surface area (Å²) in [7, 11) is 1.42. The van der Waals surface area contributed by atoms with Crippen LogP contribution in [0.3, 0.4) is 0 Å². The molecule has 1 rings (SSSR count). The van der Waals surface area contributed by atoms with Crippen molar-refractivity contribution < 1.29 is 4.79 Å². The van der Waals surface area contributed by atoms with Crippen LogP contribution >= 0.6 is 15.9 Å². The highest BCUT2D eigenvalue weighted by molar-refractivity contribution is 9.09. The van der Waals surface area contributed by atoms with Gasteiger partial charge in [0.1, 0.15) is 0 Å². The zero-order valence-corrected chi connectivity index (χ0v) is 10.9. The molecule has 0 aromatic heterocycles. The van der Waals surface area contributed by atoms with E-state index in [1.54, 1.807) is 0 Å². The van der Waals surface area contributed by atoms with Crippen molar-refractivity contribution in [1.29, 1.82) is 0 Å². The van der Waals surface area contributed by atoms with Gasteiger partial charge in [-0.2, -0.15) is 0 Å². The number of rotatable bonds is 2. The van der Waals surface area contributed by atoms with Gasteiger partial charge in [0.25, 0.3) is 0 Å². The molecule has 82 valence electrons. The highest BCUT2D eigenvalue weighted by Crippen LogP contribution is 2.01. The first-order valence-corrected chi connectivity index (χ1v) is 5.78. The second-order valence-electron chi connectivity index (χ2n) is 2.15. The van der Waals surface area contributed by atoms with E-state index < -0.39 is 0 Å². The van der Waals surface area contributed by atoms with Crippen LogP contribution in [-0.4, -0.2) is 18.2 Å². The Morgan fingerprint density at radius 1 is 1.33 bits per heavy atom. The summed E-state index contributed by atoms with van der Waals surface area (Å²) in [6.07, 6.45) is 0. The standard InChI is InChI=1S/C8H7BrO.C2H3N.C2H6/c9-6-8(10)7-4-2-1-3-5-7;1-3-2;1-2/h1-5H,6H2;1H3;1-2H3. The maximum atomic E-state index is 11.0. The molecule has 3 heteroatoms. The number of carbonyl (C=O) groups excluding carboxylic acids is 1. The Bertz CT molecular complexity index is 290. The molecule has 0 radical (unpaired) electrons. The molecule has 1 aromatic carbocycles. The third-order valence-corrected chi connectivity index (χ3v) is 1.73. The molecule has 0 fully saturated rings. The molecule has 0 bridgehead atoms. The predicted octanol–water partition coefficient (Wildman–Crippen LogP) is 3.83. The monoisotopic (exact) mass is 269 g/mol. The van der Waals surface area contributed by atoms with Crippen LogP contribution in [0, 0.1) is 6.57 Å². The lowest BCUT2D eigenvalue weighted by Gasteiger charge is -1.92. The Morgan fingerprint density at radius 3 is 2.07 bits per heavy atom. The van der Waals surface area contributed by atoms with Crippen molar-refractivity contribution in [2.45, 2.75) is 13.8 Å². The van der Waals surface area contributed by atoms with Gasteiger partial charge in [-0.1, -0.05) is 60.1 Å². The Hall–Kier alpha value is -1.14. The summed E-state index contributed by atoms with van der Waals surface area (Å²) in [6, 6.07) is 9.23. The lowest BCUT2D eigenvalue weighted by Crippen LogP contribution is -1.98. The zero-order valence-electron chi connectivity index (χ0n) is 9.33. The number of benzene rings is 1. The number of ketones is 1.